The maximum Gasteiger partial charge on any atom is 0.108 e. The van der Waals surface area contributed by atoms with Crippen LogP contribution in [0.2, 0.25) is 0 Å². The molecule has 3 nitrogen and oxygen atoms in total. The van der Waals surface area contributed by atoms with E-state index in [2.05, 4.69) is 69.0 Å². The van der Waals surface area contributed by atoms with Gasteiger partial charge in [-0.15, -0.1) is 0 Å². The second-order valence-corrected chi connectivity index (χ2v) is 6.36. The Morgan fingerprint density at radius 1 is 1.29 bits per heavy atom. The predicted octanol–water partition coefficient (Wildman–Crippen LogP) is 3.90. The minimum atomic E-state index is 0.529. The Morgan fingerprint density at radius 2 is 2.05 bits per heavy atom. The Hall–Kier alpha value is -1.13. The van der Waals surface area contributed by atoms with E-state index < -0.39 is 0 Å². The van der Waals surface area contributed by atoms with E-state index in [1.165, 1.54) is 12.0 Å². The molecule has 0 spiro atoms. The molecule has 0 bridgehead atoms. The number of hydrogen-bond donors (Lipinski definition) is 1. The smallest absolute Gasteiger partial charge is 0.108 e. The zero-order valence-electron chi connectivity index (χ0n) is 12.8. The molecule has 1 aromatic carbocycles. The fraction of sp³-hybridized carbons (Fsp3) is 0.471. The highest BCUT2D eigenvalue weighted by atomic mass is 79.9. The average Bonchev–Trinajstić information content (AvgIpc) is 2.89. The van der Waals surface area contributed by atoms with Crippen LogP contribution in [-0.2, 0) is 13.5 Å². The van der Waals surface area contributed by atoms with Crippen molar-refractivity contribution in [2.75, 3.05) is 13.1 Å². The minimum absolute atomic E-state index is 0.529. The fourth-order valence-electron chi connectivity index (χ4n) is 2.52. The van der Waals surface area contributed by atoms with Crippen LogP contribution in [0, 0.1) is 0 Å². The molecule has 21 heavy (non-hydrogen) atoms. The lowest BCUT2D eigenvalue weighted by Crippen LogP contribution is -2.23. The average molecular weight is 350 g/mol. The monoisotopic (exact) mass is 349 g/mol. The Labute approximate surface area is 135 Å². The van der Waals surface area contributed by atoms with Crippen molar-refractivity contribution in [2.45, 2.75) is 32.1 Å². The number of hydrogen-bond acceptors (Lipinski definition) is 2. The maximum absolute atomic E-state index is 4.43. The summed E-state index contributed by atoms with van der Waals surface area (Å²) in [5, 5.41) is 3.55. The molecule has 4 heteroatoms. The van der Waals surface area contributed by atoms with Crippen molar-refractivity contribution < 1.29 is 0 Å². The van der Waals surface area contributed by atoms with E-state index in [9.17, 15) is 0 Å². The molecular formula is C17H24BrN3. The van der Waals surface area contributed by atoms with Crippen molar-refractivity contribution >= 4 is 15.9 Å². The summed E-state index contributed by atoms with van der Waals surface area (Å²) in [6.07, 6.45) is 7.19. The number of imidazole rings is 1. The number of benzene rings is 1. The summed E-state index contributed by atoms with van der Waals surface area (Å²) in [6, 6.07) is 8.70. The molecule has 1 heterocycles. The van der Waals surface area contributed by atoms with Crippen molar-refractivity contribution in [2.24, 2.45) is 7.05 Å². The normalized spacial score (nSPS) is 12.5. The van der Waals surface area contributed by atoms with Crippen LogP contribution < -0.4 is 5.32 Å². The lowest BCUT2D eigenvalue weighted by Gasteiger charge is -2.18. The van der Waals surface area contributed by atoms with Gasteiger partial charge >= 0.3 is 0 Å². The van der Waals surface area contributed by atoms with Gasteiger partial charge in [0.05, 0.1) is 0 Å². The molecule has 0 fully saturated rings. The molecule has 1 N–H and O–H groups in total. The standard InChI is InChI=1S/C17H24BrN3/c1-3-10-19-13-15(14-4-7-16(18)8-5-14)6-9-17-20-11-12-21(17)2/h4-5,7-8,11-12,15,19H,3,6,9-10,13H2,1-2H3. The van der Waals surface area contributed by atoms with Crippen LogP contribution in [0.4, 0.5) is 0 Å². The zero-order valence-corrected chi connectivity index (χ0v) is 14.4. The fourth-order valence-corrected chi connectivity index (χ4v) is 2.78. The first kappa shape index (κ1) is 16.2. The SMILES string of the molecule is CCCNCC(CCc1nccn1C)c1ccc(Br)cc1. The Balaban J connectivity index is 2.01. The molecule has 2 rings (SSSR count). The van der Waals surface area contributed by atoms with E-state index in [1.807, 2.05) is 12.4 Å². The maximum atomic E-state index is 4.43. The molecule has 1 atom stereocenters. The van der Waals surface area contributed by atoms with Gasteiger partial charge in [-0.1, -0.05) is 35.0 Å². The first-order valence-electron chi connectivity index (χ1n) is 7.63. The molecule has 1 unspecified atom stereocenters. The Morgan fingerprint density at radius 3 is 2.67 bits per heavy atom. The van der Waals surface area contributed by atoms with Gasteiger partial charge in [-0.2, -0.15) is 0 Å². The zero-order chi connectivity index (χ0) is 15.1. The first-order chi connectivity index (χ1) is 10.2. The number of nitrogens with zero attached hydrogens (tertiary/aromatic N) is 2. The van der Waals surface area contributed by atoms with E-state index in [4.69, 9.17) is 0 Å². The molecule has 114 valence electrons. The van der Waals surface area contributed by atoms with Gasteiger partial charge in [0.1, 0.15) is 5.82 Å². The van der Waals surface area contributed by atoms with Gasteiger partial charge in [-0.25, -0.2) is 4.98 Å². The van der Waals surface area contributed by atoms with Gasteiger partial charge in [0.25, 0.3) is 0 Å². The van der Waals surface area contributed by atoms with Gasteiger partial charge in [-0.3, -0.25) is 0 Å². The summed E-state index contributed by atoms with van der Waals surface area (Å²) < 4.78 is 3.24. The van der Waals surface area contributed by atoms with Crippen molar-refractivity contribution in [3.05, 3.63) is 52.5 Å². The minimum Gasteiger partial charge on any atom is -0.338 e. The number of rotatable bonds is 8. The van der Waals surface area contributed by atoms with Crippen LogP contribution >= 0.6 is 15.9 Å². The van der Waals surface area contributed by atoms with Gasteiger partial charge in [0.15, 0.2) is 0 Å². The second-order valence-electron chi connectivity index (χ2n) is 5.45. The summed E-state index contributed by atoms with van der Waals surface area (Å²) in [5.74, 6) is 1.69. The van der Waals surface area contributed by atoms with Gasteiger partial charge in [0.2, 0.25) is 0 Å². The number of aromatic nitrogens is 2. The molecule has 0 aliphatic heterocycles. The van der Waals surface area contributed by atoms with Crippen LogP contribution in [-0.4, -0.2) is 22.6 Å². The second kappa shape index (κ2) is 8.35. The molecule has 0 amide bonds. The van der Waals surface area contributed by atoms with Crippen molar-refractivity contribution in [1.29, 1.82) is 0 Å². The molecular weight excluding hydrogens is 326 g/mol. The highest BCUT2D eigenvalue weighted by molar-refractivity contribution is 9.10. The van der Waals surface area contributed by atoms with Gasteiger partial charge < -0.3 is 9.88 Å². The third-order valence-corrected chi connectivity index (χ3v) is 4.32. The third-order valence-electron chi connectivity index (χ3n) is 3.80. The van der Waals surface area contributed by atoms with E-state index in [0.717, 1.165) is 36.2 Å². The summed E-state index contributed by atoms with van der Waals surface area (Å²) in [5.41, 5.74) is 1.40. The Bertz CT molecular complexity index is 533. The van der Waals surface area contributed by atoms with Crippen LogP contribution in [0.15, 0.2) is 41.1 Å². The molecule has 0 saturated carbocycles. The van der Waals surface area contributed by atoms with Crippen molar-refractivity contribution in [3.8, 4) is 0 Å². The van der Waals surface area contributed by atoms with Gasteiger partial charge in [-0.05, 0) is 43.0 Å². The van der Waals surface area contributed by atoms with E-state index in [-0.39, 0.29) is 0 Å². The lowest BCUT2D eigenvalue weighted by molar-refractivity contribution is 0.538. The summed E-state index contributed by atoms with van der Waals surface area (Å²) in [6.45, 7) is 4.31. The summed E-state index contributed by atoms with van der Waals surface area (Å²) >= 11 is 3.51. The third kappa shape index (κ3) is 4.97. The lowest BCUT2D eigenvalue weighted by atomic mass is 9.94. The van der Waals surface area contributed by atoms with Gasteiger partial charge in [0, 0.05) is 36.9 Å². The number of aryl methyl sites for hydroxylation is 2. The van der Waals surface area contributed by atoms with Crippen molar-refractivity contribution in [1.82, 2.24) is 14.9 Å². The van der Waals surface area contributed by atoms with E-state index in [1.54, 1.807) is 0 Å². The molecule has 0 aliphatic rings. The van der Waals surface area contributed by atoms with Crippen molar-refractivity contribution in [3.63, 3.8) is 0 Å². The van der Waals surface area contributed by atoms with Crippen LogP contribution in [0.1, 0.15) is 37.1 Å². The van der Waals surface area contributed by atoms with Crippen LogP contribution in [0.25, 0.3) is 0 Å². The first-order valence-corrected chi connectivity index (χ1v) is 8.42. The topological polar surface area (TPSA) is 29.9 Å². The van der Waals surface area contributed by atoms with E-state index in [0.29, 0.717) is 5.92 Å². The summed E-state index contributed by atoms with van der Waals surface area (Å²) in [4.78, 5) is 4.43. The highest BCUT2D eigenvalue weighted by Gasteiger charge is 2.12. The summed E-state index contributed by atoms with van der Waals surface area (Å²) in [7, 11) is 2.06. The molecule has 2 aromatic rings. The van der Waals surface area contributed by atoms with E-state index >= 15 is 0 Å². The van der Waals surface area contributed by atoms with Crippen LogP contribution in [0.5, 0.6) is 0 Å². The Kier molecular flexibility index (Phi) is 6.46. The molecule has 0 aliphatic carbocycles. The quantitative estimate of drug-likeness (QED) is 0.732. The van der Waals surface area contributed by atoms with Crippen LogP contribution in [0.3, 0.4) is 0 Å². The number of halogens is 1. The largest absolute Gasteiger partial charge is 0.338 e. The highest BCUT2D eigenvalue weighted by Crippen LogP contribution is 2.23. The molecule has 0 saturated heterocycles. The molecule has 0 radical (unpaired) electrons. The number of nitrogens with one attached hydrogen (secondary N) is 1. The molecule has 1 aromatic heterocycles. The predicted molar refractivity (Wildman–Crippen MR) is 91.6 cm³/mol.